The van der Waals surface area contributed by atoms with Crippen LogP contribution in [0, 0.1) is 0 Å². The van der Waals surface area contributed by atoms with Crippen molar-refractivity contribution < 1.29 is 9.53 Å². The Kier molecular flexibility index (Phi) is 5.99. The quantitative estimate of drug-likeness (QED) is 0.668. The van der Waals surface area contributed by atoms with Crippen molar-refractivity contribution in [1.82, 2.24) is 4.90 Å². The Morgan fingerprint density at radius 3 is 2.56 bits per heavy atom. The van der Waals surface area contributed by atoms with E-state index >= 15 is 0 Å². The number of ketones is 1. The molecule has 0 aromatic carbocycles. The molecule has 3 heteroatoms. The van der Waals surface area contributed by atoms with Gasteiger partial charge in [-0.05, 0) is 19.3 Å². The molecule has 1 rings (SSSR count). The van der Waals surface area contributed by atoms with Crippen LogP contribution >= 0.6 is 0 Å². The molecule has 94 valence electrons. The lowest BCUT2D eigenvalue weighted by Crippen LogP contribution is -2.43. The number of methoxy groups -OCH3 is 1. The molecule has 1 aliphatic carbocycles. The van der Waals surface area contributed by atoms with Gasteiger partial charge < -0.3 is 4.74 Å². The predicted molar refractivity (Wildman–Crippen MR) is 65.6 cm³/mol. The van der Waals surface area contributed by atoms with Gasteiger partial charge in [0, 0.05) is 38.6 Å². The number of nitrogens with zero attached hydrogens (tertiary/aromatic N) is 1. The SMILES string of the molecule is CCC(CC)N(CCOC)C1CCC(=O)C1. The summed E-state index contributed by atoms with van der Waals surface area (Å²) >= 11 is 0. The van der Waals surface area contributed by atoms with Crippen LogP contribution in [0.5, 0.6) is 0 Å². The first kappa shape index (κ1) is 13.7. The van der Waals surface area contributed by atoms with Crippen LogP contribution in [0.15, 0.2) is 0 Å². The zero-order chi connectivity index (χ0) is 12.0. The first-order valence-corrected chi connectivity index (χ1v) is 6.49. The number of Topliss-reactive ketones (excluding diaryl/α,β-unsaturated/α-hetero) is 1. The van der Waals surface area contributed by atoms with Gasteiger partial charge in [-0.15, -0.1) is 0 Å². The number of ether oxygens (including phenoxy) is 1. The minimum Gasteiger partial charge on any atom is -0.383 e. The molecule has 0 heterocycles. The summed E-state index contributed by atoms with van der Waals surface area (Å²) in [6.07, 6.45) is 4.88. The van der Waals surface area contributed by atoms with E-state index in [4.69, 9.17) is 4.74 Å². The van der Waals surface area contributed by atoms with Crippen LogP contribution in [-0.4, -0.2) is 43.0 Å². The van der Waals surface area contributed by atoms with Crippen LogP contribution in [0.2, 0.25) is 0 Å². The van der Waals surface area contributed by atoms with Gasteiger partial charge in [0.25, 0.3) is 0 Å². The third-order valence-electron chi connectivity index (χ3n) is 3.65. The van der Waals surface area contributed by atoms with Crippen molar-refractivity contribution in [2.24, 2.45) is 0 Å². The smallest absolute Gasteiger partial charge is 0.134 e. The zero-order valence-electron chi connectivity index (χ0n) is 10.9. The Morgan fingerprint density at radius 2 is 2.12 bits per heavy atom. The normalized spacial score (nSPS) is 21.3. The lowest BCUT2D eigenvalue weighted by atomic mass is 10.1. The topological polar surface area (TPSA) is 29.5 Å². The molecule has 0 aromatic rings. The molecule has 1 fully saturated rings. The van der Waals surface area contributed by atoms with Crippen LogP contribution in [0.1, 0.15) is 46.0 Å². The highest BCUT2D eigenvalue weighted by molar-refractivity contribution is 5.81. The van der Waals surface area contributed by atoms with Gasteiger partial charge in [0.2, 0.25) is 0 Å². The first-order valence-electron chi connectivity index (χ1n) is 6.49. The van der Waals surface area contributed by atoms with E-state index < -0.39 is 0 Å². The number of carbonyl (C=O) groups excluding carboxylic acids is 1. The van der Waals surface area contributed by atoms with Crippen molar-refractivity contribution in [3.05, 3.63) is 0 Å². The number of rotatable bonds is 7. The molecule has 0 N–H and O–H groups in total. The second-order valence-electron chi connectivity index (χ2n) is 4.64. The molecule has 0 amide bonds. The summed E-state index contributed by atoms with van der Waals surface area (Å²) in [6, 6.07) is 1.07. The summed E-state index contributed by atoms with van der Waals surface area (Å²) in [6.45, 7) is 6.18. The summed E-state index contributed by atoms with van der Waals surface area (Å²) in [5, 5.41) is 0. The van der Waals surface area contributed by atoms with Gasteiger partial charge in [0.05, 0.1) is 6.61 Å². The Morgan fingerprint density at radius 1 is 1.44 bits per heavy atom. The van der Waals surface area contributed by atoms with Crippen molar-refractivity contribution in [3.63, 3.8) is 0 Å². The first-order chi connectivity index (χ1) is 7.72. The van der Waals surface area contributed by atoms with Crippen molar-refractivity contribution >= 4 is 5.78 Å². The summed E-state index contributed by atoms with van der Waals surface area (Å²) in [5.74, 6) is 0.429. The van der Waals surface area contributed by atoms with E-state index in [1.807, 2.05) is 0 Å². The lowest BCUT2D eigenvalue weighted by molar-refractivity contribution is -0.117. The molecule has 0 aliphatic heterocycles. The van der Waals surface area contributed by atoms with Crippen molar-refractivity contribution in [1.29, 1.82) is 0 Å². The fourth-order valence-electron chi connectivity index (χ4n) is 2.70. The molecule has 1 aliphatic rings. The van der Waals surface area contributed by atoms with Crippen LogP contribution in [0.25, 0.3) is 0 Å². The number of hydrogen-bond acceptors (Lipinski definition) is 3. The average molecular weight is 227 g/mol. The maximum atomic E-state index is 11.4. The summed E-state index contributed by atoms with van der Waals surface area (Å²) in [7, 11) is 1.74. The molecule has 0 saturated heterocycles. The van der Waals surface area contributed by atoms with E-state index in [0.29, 0.717) is 17.9 Å². The Bertz CT molecular complexity index is 214. The molecule has 0 bridgehead atoms. The highest BCUT2D eigenvalue weighted by Gasteiger charge is 2.30. The fraction of sp³-hybridized carbons (Fsp3) is 0.923. The summed E-state index contributed by atoms with van der Waals surface area (Å²) < 4.78 is 5.17. The second kappa shape index (κ2) is 7.02. The van der Waals surface area contributed by atoms with Crippen molar-refractivity contribution in [3.8, 4) is 0 Å². The van der Waals surface area contributed by atoms with E-state index in [0.717, 1.165) is 45.3 Å². The minimum atomic E-state index is 0.429. The van der Waals surface area contributed by atoms with Gasteiger partial charge in [-0.1, -0.05) is 13.8 Å². The molecule has 3 nitrogen and oxygen atoms in total. The van der Waals surface area contributed by atoms with E-state index in [2.05, 4.69) is 18.7 Å². The highest BCUT2D eigenvalue weighted by atomic mass is 16.5. The van der Waals surface area contributed by atoms with Crippen LogP contribution in [-0.2, 0) is 9.53 Å². The lowest BCUT2D eigenvalue weighted by Gasteiger charge is -2.35. The van der Waals surface area contributed by atoms with Gasteiger partial charge in [-0.3, -0.25) is 9.69 Å². The molecule has 0 spiro atoms. The second-order valence-corrected chi connectivity index (χ2v) is 4.64. The molecule has 1 unspecified atom stereocenters. The third-order valence-corrected chi connectivity index (χ3v) is 3.65. The Labute approximate surface area is 99.1 Å². The fourth-order valence-corrected chi connectivity index (χ4v) is 2.70. The van der Waals surface area contributed by atoms with Gasteiger partial charge >= 0.3 is 0 Å². The van der Waals surface area contributed by atoms with E-state index in [-0.39, 0.29) is 0 Å². The van der Waals surface area contributed by atoms with E-state index in [9.17, 15) is 4.79 Å². The Hall–Kier alpha value is -0.410. The molecular formula is C13H25NO2. The maximum Gasteiger partial charge on any atom is 0.134 e. The van der Waals surface area contributed by atoms with E-state index in [1.54, 1.807) is 7.11 Å². The van der Waals surface area contributed by atoms with E-state index in [1.165, 1.54) is 0 Å². The third kappa shape index (κ3) is 3.56. The highest BCUT2D eigenvalue weighted by Crippen LogP contribution is 2.24. The van der Waals surface area contributed by atoms with Gasteiger partial charge in [-0.2, -0.15) is 0 Å². The molecule has 1 saturated carbocycles. The number of carbonyl (C=O) groups is 1. The largest absolute Gasteiger partial charge is 0.383 e. The Balaban J connectivity index is 2.58. The van der Waals surface area contributed by atoms with Crippen LogP contribution < -0.4 is 0 Å². The van der Waals surface area contributed by atoms with Gasteiger partial charge in [0.15, 0.2) is 0 Å². The molecular weight excluding hydrogens is 202 g/mol. The van der Waals surface area contributed by atoms with Crippen molar-refractivity contribution in [2.45, 2.75) is 58.0 Å². The summed E-state index contributed by atoms with van der Waals surface area (Å²) in [4.78, 5) is 13.9. The number of hydrogen-bond donors (Lipinski definition) is 0. The standard InChI is InChI=1S/C13H25NO2/c1-4-11(5-2)14(8-9-16-3)12-6-7-13(15)10-12/h11-12H,4-10H2,1-3H3. The summed E-state index contributed by atoms with van der Waals surface area (Å²) in [5.41, 5.74) is 0. The monoisotopic (exact) mass is 227 g/mol. The van der Waals surface area contributed by atoms with Crippen molar-refractivity contribution in [2.75, 3.05) is 20.3 Å². The molecule has 1 atom stereocenters. The molecule has 0 aromatic heterocycles. The molecule has 0 radical (unpaired) electrons. The maximum absolute atomic E-state index is 11.4. The van der Waals surface area contributed by atoms with Crippen LogP contribution in [0.4, 0.5) is 0 Å². The van der Waals surface area contributed by atoms with Gasteiger partial charge in [-0.25, -0.2) is 0 Å². The zero-order valence-corrected chi connectivity index (χ0v) is 10.9. The minimum absolute atomic E-state index is 0.429. The predicted octanol–water partition coefficient (Wildman–Crippen LogP) is 2.25. The average Bonchev–Trinajstić information content (AvgIpc) is 2.71. The van der Waals surface area contributed by atoms with Crippen LogP contribution in [0.3, 0.4) is 0 Å². The molecule has 16 heavy (non-hydrogen) atoms. The van der Waals surface area contributed by atoms with Gasteiger partial charge in [0.1, 0.15) is 5.78 Å².